The average Bonchev–Trinajstić information content (AvgIpc) is 2.27. The van der Waals surface area contributed by atoms with Crippen molar-refractivity contribution in [2.24, 2.45) is 5.92 Å². The third-order valence-corrected chi connectivity index (χ3v) is 2.85. The normalized spacial score (nSPS) is 23.9. The number of Topliss-reactive ketones (excluding diaryl/α,β-unsaturated/α-hetero) is 1. The minimum absolute atomic E-state index is 0.140. The highest BCUT2D eigenvalue weighted by Crippen LogP contribution is 2.35. The van der Waals surface area contributed by atoms with Gasteiger partial charge in [0, 0.05) is 12.8 Å². The first kappa shape index (κ1) is 13.5. The molecule has 0 amide bonds. The van der Waals surface area contributed by atoms with Crippen LogP contribution in [0.4, 0.5) is 4.39 Å². The first-order valence-electron chi connectivity index (χ1n) is 5.45. The Morgan fingerprint density at radius 2 is 2.35 bits per heavy atom. The van der Waals surface area contributed by atoms with Gasteiger partial charge in [-0.05, 0) is 19.8 Å². The number of ketones is 1. The number of carbonyl (C=O) groups is 2. The molecule has 2 atom stereocenters. The zero-order valence-corrected chi connectivity index (χ0v) is 9.48. The molecule has 1 fully saturated rings. The van der Waals surface area contributed by atoms with E-state index in [1.165, 1.54) is 6.92 Å². The summed E-state index contributed by atoms with van der Waals surface area (Å²) in [6.07, 6.45) is 0.508. The van der Waals surface area contributed by atoms with Crippen LogP contribution < -0.4 is 0 Å². The van der Waals surface area contributed by atoms with Crippen molar-refractivity contribution in [3.8, 4) is 0 Å². The fraction of sp³-hybridized carbons (Fsp3) is 0.800. The van der Waals surface area contributed by atoms with Crippen molar-refractivity contribution in [2.45, 2.75) is 38.4 Å². The van der Waals surface area contributed by atoms with Gasteiger partial charge < -0.3 is 4.74 Å². The van der Waals surface area contributed by atoms with Crippen molar-refractivity contribution < 1.29 is 23.6 Å². The number of nitro groups is 1. The average molecular weight is 247 g/mol. The lowest BCUT2D eigenvalue weighted by molar-refractivity contribution is -0.600. The maximum absolute atomic E-state index is 14.2. The van der Waals surface area contributed by atoms with Gasteiger partial charge >= 0.3 is 11.8 Å². The molecule has 0 saturated heterocycles. The summed E-state index contributed by atoms with van der Waals surface area (Å²) in [5.74, 6) is -6.29. The van der Waals surface area contributed by atoms with Gasteiger partial charge in [0.15, 0.2) is 0 Å². The van der Waals surface area contributed by atoms with Crippen molar-refractivity contribution >= 4 is 11.8 Å². The number of hydrogen-bond acceptors (Lipinski definition) is 5. The van der Waals surface area contributed by atoms with Gasteiger partial charge in [-0.15, -0.1) is 0 Å². The highest BCUT2D eigenvalue weighted by molar-refractivity contribution is 5.82. The second-order valence-electron chi connectivity index (χ2n) is 3.98. The SMILES string of the molecule is CCOC(=O)[C@@](F)([C@@H]1CCCC(=O)C1)[N+](=O)[O-]. The molecular formula is C10H14FNO5. The molecule has 1 rings (SSSR count). The second-order valence-corrected chi connectivity index (χ2v) is 3.98. The molecular weight excluding hydrogens is 233 g/mol. The molecule has 1 saturated carbocycles. The van der Waals surface area contributed by atoms with Crippen molar-refractivity contribution in [1.29, 1.82) is 0 Å². The Bertz CT molecular complexity index is 346. The molecule has 1 aliphatic carbocycles. The molecule has 6 nitrogen and oxygen atoms in total. The highest BCUT2D eigenvalue weighted by Gasteiger charge is 2.60. The fourth-order valence-electron chi connectivity index (χ4n) is 1.97. The number of esters is 1. The van der Waals surface area contributed by atoms with E-state index in [2.05, 4.69) is 4.74 Å². The third-order valence-electron chi connectivity index (χ3n) is 2.85. The van der Waals surface area contributed by atoms with Gasteiger partial charge in [-0.25, -0.2) is 4.79 Å². The van der Waals surface area contributed by atoms with E-state index in [0.29, 0.717) is 6.42 Å². The summed E-state index contributed by atoms with van der Waals surface area (Å²) in [5, 5.41) is 10.8. The topological polar surface area (TPSA) is 86.5 Å². The molecule has 7 heteroatoms. The van der Waals surface area contributed by atoms with Crippen LogP contribution >= 0.6 is 0 Å². The Labute approximate surface area is 97.3 Å². The first-order valence-corrected chi connectivity index (χ1v) is 5.45. The van der Waals surface area contributed by atoms with Gasteiger partial charge in [0.25, 0.3) is 0 Å². The Kier molecular flexibility index (Phi) is 4.14. The first-order chi connectivity index (χ1) is 7.92. The van der Waals surface area contributed by atoms with E-state index in [1.807, 2.05) is 0 Å². The van der Waals surface area contributed by atoms with Crippen LogP contribution in [0.2, 0.25) is 0 Å². The molecule has 0 aliphatic heterocycles. The molecule has 0 radical (unpaired) electrons. The van der Waals surface area contributed by atoms with Crippen LogP contribution in [-0.2, 0) is 14.3 Å². The lowest BCUT2D eigenvalue weighted by atomic mass is 9.82. The highest BCUT2D eigenvalue weighted by atomic mass is 19.1. The summed E-state index contributed by atoms with van der Waals surface area (Å²) in [7, 11) is 0. The summed E-state index contributed by atoms with van der Waals surface area (Å²) in [6.45, 7) is 1.29. The largest absolute Gasteiger partial charge is 0.458 e. The van der Waals surface area contributed by atoms with Crippen molar-refractivity contribution in [3.05, 3.63) is 10.1 Å². The van der Waals surface area contributed by atoms with Gasteiger partial charge in [-0.1, -0.05) is 0 Å². The van der Waals surface area contributed by atoms with E-state index in [1.54, 1.807) is 0 Å². The zero-order valence-electron chi connectivity index (χ0n) is 9.48. The summed E-state index contributed by atoms with van der Waals surface area (Å²) < 4.78 is 18.6. The van der Waals surface area contributed by atoms with E-state index in [9.17, 15) is 24.1 Å². The monoisotopic (exact) mass is 247 g/mol. The number of halogens is 1. The van der Waals surface area contributed by atoms with Crippen LogP contribution in [0.25, 0.3) is 0 Å². The van der Waals surface area contributed by atoms with Crippen molar-refractivity contribution in [2.75, 3.05) is 6.61 Å². The molecule has 96 valence electrons. The lowest BCUT2D eigenvalue weighted by Gasteiger charge is -2.26. The van der Waals surface area contributed by atoms with Crippen molar-refractivity contribution in [3.63, 3.8) is 0 Å². The second kappa shape index (κ2) is 5.20. The fourth-order valence-corrected chi connectivity index (χ4v) is 1.97. The molecule has 0 aromatic carbocycles. The molecule has 1 aliphatic rings. The Morgan fingerprint density at radius 3 is 2.82 bits per heavy atom. The van der Waals surface area contributed by atoms with E-state index >= 15 is 0 Å². The number of rotatable bonds is 4. The van der Waals surface area contributed by atoms with E-state index in [4.69, 9.17) is 0 Å². The van der Waals surface area contributed by atoms with E-state index in [0.717, 1.165) is 0 Å². The third kappa shape index (κ3) is 2.59. The van der Waals surface area contributed by atoms with Crippen molar-refractivity contribution in [1.82, 2.24) is 0 Å². The minimum atomic E-state index is -3.30. The van der Waals surface area contributed by atoms with Crippen LogP contribution in [0, 0.1) is 16.0 Å². The molecule has 0 bridgehead atoms. The molecule has 0 aromatic heterocycles. The number of carbonyl (C=O) groups excluding carboxylic acids is 2. The number of hydrogen-bond donors (Lipinski definition) is 0. The quantitative estimate of drug-likeness (QED) is 0.323. The predicted molar refractivity (Wildman–Crippen MR) is 54.4 cm³/mol. The molecule has 0 aromatic rings. The van der Waals surface area contributed by atoms with Crippen LogP contribution in [0.1, 0.15) is 32.6 Å². The minimum Gasteiger partial charge on any atom is -0.458 e. The molecule has 0 heterocycles. The molecule has 0 unspecified atom stereocenters. The van der Waals surface area contributed by atoms with Gasteiger partial charge in [-0.2, -0.15) is 4.39 Å². The van der Waals surface area contributed by atoms with Crippen LogP contribution in [0.15, 0.2) is 0 Å². The lowest BCUT2D eigenvalue weighted by Crippen LogP contribution is -2.51. The maximum Gasteiger partial charge on any atom is 0.457 e. The van der Waals surface area contributed by atoms with Gasteiger partial charge in [0.1, 0.15) is 5.78 Å². The Hall–Kier alpha value is -1.53. The predicted octanol–water partition coefficient (Wildman–Crippen LogP) is 1.25. The Morgan fingerprint density at radius 1 is 1.71 bits per heavy atom. The van der Waals surface area contributed by atoms with Crippen LogP contribution in [-0.4, -0.2) is 29.1 Å². The maximum atomic E-state index is 14.2. The van der Waals surface area contributed by atoms with Gasteiger partial charge in [0.05, 0.1) is 17.4 Å². The van der Waals surface area contributed by atoms with Gasteiger partial charge in [-0.3, -0.25) is 14.9 Å². The standard InChI is InChI=1S/C10H14FNO5/c1-2-17-9(14)10(11,12(15)16)7-4-3-5-8(13)6-7/h7H,2-6H2,1H3/t7-,10-/m1/s1. The molecule has 17 heavy (non-hydrogen) atoms. The van der Waals surface area contributed by atoms with E-state index < -0.39 is 22.6 Å². The molecule has 0 spiro atoms. The zero-order chi connectivity index (χ0) is 13.1. The summed E-state index contributed by atoms with van der Waals surface area (Å²) in [4.78, 5) is 32.0. The van der Waals surface area contributed by atoms with Crippen LogP contribution in [0.3, 0.4) is 0 Å². The number of ether oxygens (including phenoxy) is 1. The summed E-state index contributed by atoms with van der Waals surface area (Å²) in [6, 6.07) is 0. The summed E-state index contributed by atoms with van der Waals surface area (Å²) >= 11 is 0. The number of alkyl halides is 1. The Balaban J connectivity index is 2.94. The smallest absolute Gasteiger partial charge is 0.457 e. The summed E-state index contributed by atoms with van der Waals surface area (Å²) in [5.41, 5.74) is 0. The van der Waals surface area contributed by atoms with E-state index in [-0.39, 0.29) is 31.7 Å². The van der Waals surface area contributed by atoms with Gasteiger partial charge in [0.2, 0.25) is 0 Å². The number of nitrogens with zero attached hydrogens (tertiary/aromatic N) is 1. The van der Waals surface area contributed by atoms with Crippen LogP contribution in [0.5, 0.6) is 0 Å². The molecule has 0 N–H and O–H groups in total.